The first-order valence-corrected chi connectivity index (χ1v) is 8.57. The number of Topliss-reactive ketones (excluding diaryl/α,β-unsaturated/α-hetero) is 1. The summed E-state index contributed by atoms with van der Waals surface area (Å²) in [6, 6.07) is 18.0. The summed E-state index contributed by atoms with van der Waals surface area (Å²) in [4.78, 5) is 12.0. The van der Waals surface area contributed by atoms with E-state index in [0.29, 0.717) is 18.9 Å². The van der Waals surface area contributed by atoms with Gasteiger partial charge in [-0.15, -0.1) is 11.6 Å². The van der Waals surface area contributed by atoms with E-state index in [1.165, 1.54) is 0 Å². The van der Waals surface area contributed by atoms with Crippen molar-refractivity contribution in [3.05, 3.63) is 65.7 Å². The van der Waals surface area contributed by atoms with Crippen molar-refractivity contribution in [1.29, 1.82) is 0 Å². The van der Waals surface area contributed by atoms with Gasteiger partial charge in [-0.1, -0.05) is 42.5 Å². The summed E-state index contributed by atoms with van der Waals surface area (Å²) < 4.78 is 5.67. The van der Waals surface area contributed by atoms with E-state index >= 15 is 0 Å². The minimum absolute atomic E-state index is 0.0910. The lowest BCUT2D eigenvalue weighted by molar-refractivity contribution is -0.118. The molecule has 0 aromatic heterocycles. The molecule has 0 N–H and O–H groups in total. The van der Waals surface area contributed by atoms with Gasteiger partial charge in [0.05, 0.1) is 6.61 Å². The molecule has 0 saturated carbocycles. The van der Waals surface area contributed by atoms with Crippen molar-refractivity contribution in [2.45, 2.75) is 32.1 Å². The first kappa shape index (κ1) is 17.6. The number of benzene rings is 2. The summed E-state index contributed by atoms with van der Waals surface area (Å²) in [6.07, 6.45) is 2.65. The summed E-state index contributed by atoms with van der Waals surface area (Å²) in [7, 11) is 0. The highest BCUT2D eigenvalue weighted by atomic mass is 35.5. The fraction of sp³-hybridized carbons (Fsp3) is 0.350. The average molecular weight is 331 g/mol. The molecule has 1 atom stereocenters. The monoisotopic (exact) mass is 330 g/mol. The number of rotatable bonds is 9. The lowest BCUT2D eigenvalue weighted by Crippen LogP contribution is -2.12. The largest absolute Gasteiger partial charge is 0.494 e. The third kappa shape index (κ3) is 5.72. The molecular formula is C20H23ClO2. The molecule has 3 heteroatoms. The summed E-state index contributed by atoms with van der Waals surface area (Å²) in [5, 5.41) is 0. The maximum absolute atomic E-state index is 12.0. The SMILES string of the molecule is CC(=O)C(Cc1ccc(OCCCCCl)cc1)c1ccccc1. The molecule has 122 valence electrons. The molecule has 23 heavy (non-hydrogen) atoms. The third-order valence-corrected chi connectivity index (χ3v) is 4.12. The van der Waals surface area contributed by atoms with Crippen LogP contribution in [0.4, 0.5) is 0 Å². The topological polar surface area (TPSA) is 26.3 Å². The normalized spacial score (nSPS) is 11.9. The Labute approximate surface area is 143 Å². The van der Waals surface area contributed by atoms with Gasteiger partial charge < -0.3 is 4.74 Å². The average Bonchev–Trinajstić information content (AvgIpc) is 2.58. The van der Waals surface area contributed by atoms with Crippen molar-refractivity contribution < 1.29 is 9.53 Å². The fourth-order valence-corrected chi connectivity index (χ4v) is 2.71. The quantitative estimate of drug-likeness (QED) is 0.477. The summed E-state index contributed by atoms with van der Waals surface area (Å²) in [5.41, 5.74) is 2.21. The van der Waals surface area contributed by atoms with E-state index in [9.17, 15) is 4.79 Å². The van der Waals surface area contributed by atoms with Crippen LogP contribution in [-0.4, -0.2) is 18.3 Å². The van der Waals surface area contributed by atoms with E-state index in [1.54, 1.807) is 6.92 Å². The minimum Gasteiger partial charge on any atom is -0.494 e. The third-order valence-electron chi connectivity index (χ3n) is 3.85. The van der Waals surface area contributed by atoms with Crippen LogP contribution in [0.3, 0.4) is 0 Å². The number of alkyl halides is 1. The maximum atomic E-state index is 12.0. The zero-order valence-electron chi connectivity index (χ0n) is 13.5. The second-order valence-electron chi connectivity index (χ2n) is 5.67. The van der Waals surface area contributed by atoms with Gasteiger partial charge in [-0.05, 0) is 49.4 Å². The van der Waals surface area contributed by atoms with Gasteiger partial charge in [-0.3, -0.25) is 4.79 Å². The molecule has 0 amide bonds. The highest BCUT2D eigenvalue weighted by Crippen LogP contribution is 2.23. The van der Waals surface area contributed by atoms with Crippen molar-refractivity contribution in [3.8, 4) is 5.75 Å². The zero-order valence-corrected chi connectivity index (χ0v) is 14.3. The summed E-state index contributed by atoms with van der Waals surface area (Å²) >= 11 is 5.65. The highest BCUT2D eigenvalue weighted by Gasteiger charge is 2.17. The molecule has 1 unspecified atom stereocenters. The van der Waals surface area contributed by atoms with E-state index in [4.69, 9.17) is 16.3 Å². The Kier molecular flexibility index (Phi) is 7.15. The second-order valence-corrected chi connectivity index (χ2v) is 6.04. The number of hydrogen-bond acceptors (Lipinski definition) is 2. The molecular weight excluding hydrogens is 308 g/mol. The number of carbonyl (C=O) groups excluding carboxylic acids is 1. The van der Waals surface area contributed by atoms with Crippen LogP contribution in [0.5, 0.6) is 5.75 Å². The molecule has 2 rings (SSSR count). The van der Waals surface area contributed by atoms with Crippen LogP contribution in [0, 0.1) is 0 Å². The molecule has 2 nitrogen and oxygen atoms in total. The van der Waals surface area contributed by atoms with Crippen LogP contribution in [0.15, 0.2) is 54.6 Å². The Morgan fingerprint density at radius 1 is 1.04 bits per heavy atom. The van der Waals surface area contributed by atoms with E-state index in [0.717, 1.165) is 29.7 Å². The van der Waals surface area contributed by atoms with E-state index < -0.39 is 0 Å². The molecule has 0 aliphatic rings. The minimum atomic E-state index is -0.0910. The predicted molar refractivity (Wildman–Crippen MR) is 95.5 cm³/mol. The van der Waals surface area contributed by atoms with Crippen LogP contribution in [-0.2, 0) is 11.2 Å². The smallest absolute Gasteiger partial charge is 0.137 e. The number of unbranched alkanes of at least 4 members (excludes halogenated alkanes) is 1. The number of carbonyl (C=O) groups is 1. The molecule has 0 saturated heterocycles. The van der Waals surface area contributed by atoms with Crippen LogP contribution < -0.4 is 4.74 Å². The van der Waals surface area contributed by atoms with Gasteiger partial charge in [-0.25, -0.2) is 0 Å². The predicted octanol–water partition coefficient (Wildman–Crippen LogP) is 5.00. The number of ketones is 1. The van der Waals surface area contributed by atoms with Crippen molar-refractivity contribution in [3.63, 3.8) is 0 Å². The Morgan fingerprint density at radius 3 is 2.35 bits per heavy atom. The lowest BCUT2D eigenvalue weighted by atomic mass is 9.89. The van der Waals surface area contributed by atoms with Crippen molar-refractivity contribution in [1.82, 2.24) is 0 Å². The molecule has 0 aliphatic carbocycles. The van der Waals surface area contributed by atoms with Gasteiger partial charge >= 0.3 is 0 Å². The Hall–Kier alpha value is -1.80. The maximum Gasteiger partial charge on any atom is 0.137 e. The zero-order chi connectivity index (χ0) is 16.5. The van der Waals surface area contributed by atoms with Crippen molar-refractivity contribution in [2.75, 3.05) is 12.5 Å². The molecule has 2 aromatic carbocycles. The van der Waals surface area contributed by atoms with E-state index in [-0.39, 0.29) is 11.7 Å². The number of hydrogen-bond donors (Lipinski definition) is 0. The molecule has 0 spiro atoms. The Balaban J connectivity index is 1.97. The molecule has 2 aromatic rings. The van der Waals surface area contributed by atoms with Gasteiger partial charge in [0, 0.05) is 11.8 Å². The van der Waals surface area contributed by atoms with Gasteiger partial charge in [0.25, 0.3) is 0 Å². The van der Waals surface area contributed by atoms with Gasteiger partial charge in [0.1, 0.15) is 11.5 Å². The lowest BCUT2D eigenvalue weighted by Gasteiger charge is -2.15. The standard InChI is InChI=1S/C20H23ClO2/c1-16(22)20(18-7-3-2-4-8-18)15-17-9-11-19(12-10-17)23-14-6-5-13-21/h2-4,7-12,20H,5-6,13-15H2,1H3. The highest BCUT2D eigenvalue weighted by molar-refractivity contribution is 6.17. The van der Waals surface area contributed by atoms with Crippen LogP contribution >= 0.6 is 11.6 Å². The van der Waals surface area contributed by atoms with Crippen LogP contribution in [0.2, 0.25) is 0 Å². The van der Waals surface area contributed by atoms with Crippen LogP contribution in [0.1, 0.15) is 36.8 Å². The molecule has 0 aliphatic heterocycles. The Morgan fingerprint density at radius 2 is 1.74 bits per heavy atom. The summed E-state index contributed by atoms with van der Waals surface area (Å²) in [6.45, 7) is 2.35. The fourth-order valence-electron chi connectivity index (χ4n) is 2.53. The molecule has 0 bridgehead atoms. The number of ether oxygens (including phenoxy) is 1. The molecule has 0 radical (unpaired) electrons. The van der Waals surface area contributed by atoms with Gasteiger partial charge in [0.2, 0.25) is 0 Å². The van der Waals surface area contributed by atoms with E-state index in [2.05, 4.69) is 0 Å². The molecule has 0 heterocycles. The van der Waals surface area contributed by atoms with Gasteiger partial charge in [0.15, 0.2) is 0 Å². The van der Waals surface area contributed by atoms with Crippen LogP contribution in [0.25, 0.3) is 0 Å². The van der Waals surface area contributed by atoms with Gasteiger partial charge in [-0.2, -0.15) is 0 Å². The second kappa shape index (κ2) is 9.36. The first-order chi connectivity index (χ1) is 11.2. The molecule has 0 fully saturated rings. The number of halogens is 1. The van der Waals surface area contributed by atoms with E-state index in [1.807, 2.05) is 54.6 Å². The van der Waals surface area contributed by atoms with Crippen molar-refractivity contribution in [2.24, 2.45) is 0 Å². The Bertz CT molecular complexity index is 593. The van der Waals surface area contributed by atoms with Crippen molar-refractivity contribution >= 4 is 17.4 Å². The first-order valence-electron chi connectivity index (χ1n) is 8.04. The summed E-state index contributed by atoms with van der Waals surface area (Å²) in [5.74, 6) is 1.64.